The van der Waals surface area contributed by atoms with Gasteiger partial charge in [-0.2, -0.15) is 0 Å². The smallest absolute Gasteiger partial charge is 0.145 e. The minimum Gasteiger partial charge on any atom is -0.294 e. The molecule has 0 saturated heterocycles. The van der Waals surface area contributed by atoms with Gasteiger partial charge in [0.2, 0.25) is 0 Å². The molecule has 244 valence electrons. The van der Waals surface area contributed by atoms with Crippen molar-refractivity contribution in [1.82, 2.24) is 9.55 Å². The maximum atomic E-state index is 4.84. The largest absolute Gasteiger partial charge is 0.294 e. The Morgan fingerprint density at radius 3 is 1.96 bits per heavy atom. The van der Waals surface area contributed by atoms with Crippen molar-refractivity contribution in [2.75, 3.05) is 0 Å². The summed E-state index contributed by atoms with van der Waals surface area (Å²) >= 11 is 0. The Bertz CT molecular complexity index is 2840. The number of allylic oxidation sites excluding steroid dienone is 4. The summed E-state index contributed by atoms with van der Waals surface area (Å²) in [6, 6.07) is 57.7. The highest BCUT2D eigenvalue weighted by Crippen LogP contribution is 2.44. The van der Waals surface area contributed by atoms with Gasteiger partial charge in [0.25, 0.3) is 0 Å². The van der Waals surface area contributed by atoms with Gasteiger partial charge >= 0.3 is 0 Å². The van der Waals surface area contributed by atoms with Gasteiger partial charge in [0.05, 0.1) is 5.52 Å². The highest BCUT2D eigenvalue weighted by atomic mass is 15.0. The third-order valence-corrected chi connectivity index (χ3v) is 10.8. The molecule has 0 N–H and O–H groups in total. The molecule has 2 aromatic heterocycles. The van der Waals surface area contributed by atoms with Crippen molar-refractivity contribution < 1.29 is 0 Å². The van der Waals surface area contributed by atoms with E-state index in [1.165, 1.54) is 82.3 Å². The van der Waals surface area contributed by atoms with Crippen molar-refractivity contribution in [2.24, 2.45) is 0 Å². The number of aromatic nitrogens is 2. The van der Waals surface area contributed by atoms with Gasteiger partial charge in [-0.3, -0.25) is 4.57 Å². The van der Waals surface area contributed by atoms with Crippen molar-refractivity contribution in [2.45, 2.75) is 12.3 Å². The molecule has 52 heavy (non-hydrogen) atoms. The van der Waals surface area contributed by atoms with Gasteiger partial charge in [-0.15, -0.1) is 0 Å². The van der Waals surface area contributed by atoms with E-state index in [4.69, 9.17) is 4.98 Å². The maximum absolute atomic E-state index is 4.84. The van der Waals surface area contributed by atoms with Crippen LogP contribution in [-0.4, -0.2) is 17.4 Å². The minimum atomic E-state index is 0.270. The van der Waals surface area contributed by atoms with Crippen molar-refractivity contribution >= 4 is 62.4 Å². The summed E-state index contributed by atoms with van der Waals surface area (Å²) in [6.45, 7) is 0. The van der Waals surface area contributed by atoms with Crippen LogP contribution >= 0.6 is 0 Å². The predicted molar refractivity (Wildman–Crippen MR) is 224 cm³/mol. The Morgan fingerprint density at radius 1 is 0.538 bits per heavy atom. The fourth-order valence-corrected chi connectivity index (χ4v) is 8.44. The van der Waals surface area contributed by atoms with E-state index in [1.54, 1.807) is 0 Å². The standard InChI is InChI=1S/C49H35BN2/c50-38-18-10-19-39(31-38)52-46-26-25-36(30-45(46)44-24-11-27-51-49(44)52)34-15-8-14-33(28-34)35-16-9-17-37(29-35)48-42-22-6-4-20-40(42)47(32-12-2-1-3-13-32)41-21-5-7-23-43(41)48/h1-13,15-31,33H,14,50H2. The summed E-state index contributed by atoms with van der Waals surface area (Å²) < 4.78 is 2.29. The van der Waals surface area contributed by atoms with E-state index < -0.39 is 0 Å². The van der Waals surface area contributed by atoms with Crippen LogP contribution in [0.5, 0.6) is 0 Å². The van der Waals surface area contributed by atoms with Crippen LogP contribution in [-0.2, 0) is 0 Å². The molecule has 1 atom stereocenters. The second kappa shape index (κ2) is 12.4. The Balaban J connectivity index is 1.08. The fraction of sp³-hybridized carbons (Fsp3) is 0.0408. The molecule has 7 aromatic carbocycles. The average molecular weight is 663 g/mol. The third-order valence-electron chi connectivity index (χ3n) is 10.8. The molecule has 1 aliphatic carbocycles. The molecular formula is C49H35BN2. The maximum Gasteiger partial charge on any atom is 0.145 e. The van der Waals surface area contributed by atoms with Gasteiger partial charge in [-0.05, 0) is 103 Å². The van der Waals surface area contributed by atoms with Crippen LogP contribution in [0.1, 0.15) is 23.5 Å². The number of benzene rings is 7. The van der Waals surface area contributed by atoms with E-state index in [9.17, 15) is 0 Å². The Morgan fingerprint density at radius 2 is 1.21 bits per heavy atom. The van der Waals surface area contributed by atoms with Crippen molar-refractivity contribution in [3.63, 3.8) is 0 Å². The molecule has 9 aromatic rings. The van der Waals surface area contributed by atoms with Crippen LogP contribution in [0.15, 0.2) is 182 Å². The highest BCUT2D eigenvalue weighted by molar-refractivity contribution is 6.32. The first kappa shape index (κ1) is 30.4. The molecular weight excluding hydrogens is 627 g/mol. The quantitative estimate of drug-likeness (QED) is 0.132. The van der Waals surface area contributed by atoms with Crippen LogP contribution in [0.3, 0.4) is 0 Å². The summed E-state index contributed by atoms with van der Waals surface area (Å²) in [4.78, 5) is 4.84. The Labute approximate surface area is 304 Å². The lowest BCUT2D eigenvalue weighted by Gasteiger charge is -2.20. The summed E-state index contributed by atoms with van der Waals surface area (Å²) in [6.07, 6.45) is 9.97. The zero-order chi connectivity index (χ0) is 34.6. The van der Waals surface area contributed by atoms with Crippen molar-refractivity contribution in [1.29, 1.82) is 0 Å². The number of nitrogens with zero attached hydrogens (tertiary/aromatic N) is 2. The van der Waals surface area contributed by atoms with Crippen LogP contribution in [0, 0.1) is 0 Å². The van der Waals surface area contributed by atoms with Crippen molar-refractivity contribution in [3.05, 3.63) is 193 Å². The normalized spacial score (nSPS) is 14.4. The summed E-state index contributed by atoms with van der Waals surface area (Å²) in [5.41, 5.74) is 13.4. The molecule has 1 unspecified atom stereocenters. The molecule has 2 heterocycles. The lowest BCUT2D eigenvalue weighted by Crippen LogP contribution is -2.04. The zero-order valence-corrected chi connectivity index (χ0v) is 29.0. The Kier molecular flexibility index (Phi) is 7.25. The monoisotopic (exact) mass is 662 g/mol. The lowest BCUT2D eigenvalue weighted by atomic mass is 9.83. The van der Waals surface area contributed by atoms with Crippen LogP contribution in [0.2, 0.25) is 0 Å². The molecule has 0 amide bonds. The second-order valence-corrected chi connectivity index (χ2v) is 14.0. The fourth-order valence-electron chi connectivity index (χ4n) is 8.44. The SMILES string of the molecule is Bc1cccc(-n2c3ccc(C4=CC(c5cccc(-c6c7ccccc7c(-c7ccccc7)c7ccccc67)c5)CC=C4)cc3c3cccnc32)c1. The van der Waals surface area contributed by atoms with E-state index in [2.05, 4.69) is 182 Å². The summed E-state index contributed by atoms with van der Waals surface area (Å²) in [7, 11) is 2.14. The third kappa shape index (κ3) is 5.00. The van der Waals surface area contributed by atoms with Gasteiger partial charge < -0.3 is 0 Å². The first-order valence-corrected chi connectivity index (χ1v) is 18.2. The molecule has 0 radical (unpaired) electrons. The molecule has 0 saturated carbocycles. The van der Waals surface area contributed by atoms with Gasteiger partial charge in [0.15, 0.2) is 0 Å². The van der Waals surface area contributed by atoms with Crippen LogP contribution in [0.4, 0.5) is 0 Å². The molecule has 10 rings (SSSR count). The van der Waals surface area contributed by atoms with E-state index >= 15 is 0 Å². The topological polar surface area (TPSA) is 17.8 Å². The van der Waals surface area contributed by atoms with Gasteiger partial charge in [0.1, 0.15) is 13.5 Å². The average Bonchev–Trinajstić information content (AvgIpc) is 3.54. The van der Waals surface area contributed by atoms with E-state index in [0.717, 1.165) is 17.8 Å². The van der Waals surface area contributed by atoms with E-state index in [1.807, 2.05) is 12.3 Å². The molecule has 2 nitrogen and oxygen atoms in total. The molecule has 0 bridgehead atoms. The molecule has 3 heteroatoms. The van der Waals surface area contributed by atoms with Gasteiger partial charge in [-0.1, -0.05) is 145 Å². The molecule has 0 fully saturated rings. The highest BCUT2D eigenvalue weighted by Gasteiger charge is 2.20. The molecule has 0 spiro atoms. The van der Waals surface area contributed by atoms with Gasteiger partial charge in [0, 0.05) is 28.6 Å². The van der Waals surface area contributed by atoms with Crippen LogP contribution < -0.4 is 5.46 Å². The van der Waals surface area contributed by atoms with Crippen molar-refractivity contribution in [3.8, 4) is 27.9 Å². The number of rotatable bonds is 5. The predicted octanol–water partition coefficient (Wildman–Crippen LogP) is 11.2. The van der Waals surface area contributed by atoms with Gasteiger partial charge in [-0.25, -0.2) is 4.98 Å². The zero-order valence-electron chi connectivity index (χ0n) is 29.0. The number of pyridine rings is 1. The Hall–Kier alpha value is -6.45. The van der Waals surface area contributed by atoms with E-state index in [-0.39, 0.29) is 5.92 Å². The number of fused-ring (bicyclic) bond motifs is 5. The molecule has 0 aliphatic heterocycles. The number of hydrogen-bond donors (Lipinski definition) is 0. The molecule has 1 aliphatic rings. The lowest BCUT2D eigenvalue weighted by molar-refractivity contribution is 0.857. The second-order valence-electron chi connectivity index (χ2n) is 14.0. The van der Waals surface area contributed by atoms with E-state index in [0.29, 0.717) is 0 Å². The first-order valence-electron chi connectivity index (χ1n) is 18.2. The minimum absolute atomic E-state index is 0.270. The summed E-state index contributed by atoms with van der Waals surface area (Å²) in [5.74, 6) is 0.270. The van der Waals surface area contributed by atoms with Crippen LogP contribution in [0.25, 0.3) is 77.0 Å². The number of hydrogen-bond acceptors (Lipinski definition) is 1. The first-order chi connectivity index (χ1) is 25.7. The summed E-state index contributed by atoms with van der Waals surface area (Å²) in [5, 5.41) is 7.52.